The van der Waals surface area contributed by atoms with Crippen molar-refractivity contribution in [3.63, 3.8) is 0 Å². The van der Waals surface area contributed by atoms with E-state index in [-0.39, 0.29) is 5.97 Å². The third kappa shape index (κ3) is 4.06. The van der Waals surface area contributed by atoms with Gasteiger partial charge >= 0.3 is 5.97 Å². The van der Waals surface area contributed by atoms with Crippen molar-refractivity contribution in [3.8, 4) is 0 Å². The first-order chi connectivity index (χ1) is 9.29. The Hall–Kier alpha value is -1.88. The normalized spacial score (nSPS) is 10.2. The van der Waals surface area contributed by atoms with Crippen molar-refractivity contribution >= 4 is 17.7 Å². The van der Waals surface area contributed by atoms with Crippen LogP contribution in [0.2, 0.25) is 0 Å². The second-order valence-corrected chi connectivity index (χ2v) is 4.69. The summed E-state index contributed by atoms with van der Waals surface area (Å²) in [6.07, 6.45) is 3.00. The van der Waals surface area contributed by atoms with Crippen LogP contribution in [-0.4, -0.2) is 22.5 Å². The number of aromatic nitrogens is 2. The van der Waals surface area contributed by atoms with Gasteiger partial charge in [0.1, 0.15) is 0 Å². The second-order valence-electron chi connectivity index (χ2n) is 3.75. The van der Waals surface area contributed by atoms with E-state index in [4.69, 9.17) is 4.74 Å². The zero-order valence-corrected chi connectivity index (χ0v) is 11.4. The summed E-state index contributed by atoms with van der Waals surface area (Å²) in [7, 11) is 0. The van der Waals surface area contributed by atoms with Gasteiger partial charge in [0.05, 0.1) is 12.2 Å². The Bertz CT molecular complexity index is 529. The SMILES string of the molecule is CCOC(=O)c1cnc(SCc2ccccc2)nc1. The Morgan fingerprint density at radius 1 is 1.21 bits per heavy atom. The number of carbonyl (C=O) groups excluding carboxylic acids is 1. The summed E-state index contributed by atoms with van der Waals surface area (Å²) >= 11 is 1.53. The lowest BCUT2D eigenvalue weighted by Gasteiger charge is -2.02. The number of rotatable bonds is 5. The minimum absolute atomic E-state index is 0.351. The summed E-state index contributed by atoms with van der Waals surface area (Å²) in [6, 6.07) is 10.1. The third-order valence-electron chi connectivity index (χ3n) is 2.35. The Labute approximate surface area is 116 Å². The predicted molar refractivity (Wildman–Crippen MR) is 74.0 cm³/mol. The first-order valence-electron chi connectivity index (χ1n) is 5.95. The van der Waals surface area contributed by atoms with Gasteiger partial charge in [-0.05, 0) is 12.5 Å². The summed E-state index contributed by atoms with van der Waals surface area (Å²) < 4.78 is 4.87. The molecule has 19 heavy (non-hydrogen) atoms. The molecule has 0 unspecified atom stereocenters. The van der Waals surface area contributed by atoms with Crippen LogP contribution in [0.4, 0.5) is 0 Å². The lowest BCUT2D eigenvalue weighted by Crippen LogP contribution is -2.05. The molecule has 1 aromatic carbocycles. The van der Waals surface area contributed by atoms with Gasteiger partial charge in [0, 0.05) is 18.1 Å². The quantitative estimate of drug-likeness (QED) is 0.476. The van der Waals surface area contributed by atoms with Crippen LogP contribution in [0.3, 0.4) is 0 Å². The first kappa shape index (κ1) is 13.5. The highest BCUT2D eigenvalue weighted by molar-refractivity contribution is 7.98. The molecule has 0 bridgehead atoms. The van der Waals surface area contributed by atoms with Crippen molar-refractivity contribution in [1.82, 2.24) is 9.97 Å². The van der Waals surface area contributed by atoms with Crippen LogP contribution in [0.25, 0.3) is 0 Å². The molecule has 0 fully saturated rings. The van der Waals surface area contributed by atoms with Crippen molar-refractivity contribution in [3.05, 3.63) is 53.9 Å². The molecule has 2 aromatic rings. The average Bonchev–Trinajstić information content (AvgIpc) is 2.47. The van der Waals surface area contributed by atoms with Gasteiger partial charge in [0.25, 0.3) is 0 Å². The Morgan fingerprint density at radius 3 is 2.53 bits per heavy atom. The third-order valence-corrected chi connectivity index (χ3v) is 3.30. The Kier molecular flexibility index (Phi) is 4.92. The van der Waals surface area contributed by atoms with Gasteiger partial charge < -0.3 is 4.74 Å². The molecule has 98 valence electrons. The van der Waals surface area contributed by atoms with Crippen LogP contribution in [0.5, 0.6) is 0 Å². The molecule has 0 aliphatic carbocycles. The lowest BCUT2D eigenvalue weighted by atomic mass is 10.2. The first-order valence-corrected chi connectivity index (χ1v) is 6.94. The van der Waals surface area contributed by atoms with Crippen molar-refractivity contribution in [2.24, 2.45) is 0 Å². The van der Waals surface area contributed by atoms with Crippen molar-refractivity contribution in [1.29, 1.82) is 0 Å². The van der Waals surface area contributed by atoms with Gasteiger partial charge in [0.2, 0.25) is 0 Å². The van der Waals surface area contributed by atoms with E-state index in [2.05, 4.69) is 22.1 Å². The summed E-state index contributed by atoms with van der Waals surface area (Å²) in [6.45, 7) is 2.12. The number of hydrogen-bond acceptors (Lipinski definition) is 5. The molecule has 1 aromatic heterocycles. The largest absolute Gasteiger partial charge is 0.462 e. The topological polar surface area (TPSA) is 52.1 Å². The van der Waals surface area contributed by atoms with Crippen LogP contribution >= 0.6 is 11.8 Å². The van der Waals surface area contributed by atoms with Gasteiger partial charge in [0.15, 0.2) is 5.16 Å². The molecule has 4 nitrogen and oxygen atoms in total. The van der Waals surface area contributed by atoms with Gasteiger partial charge in [-0.15, -0.1) is 0 Å². The number of carbonyl (C=O) groups is 1. The Balaban J connectivity index is 1.94. The molecule has 0 saturated carbocycles. The van der Waals surface area contributed by atoms with E-state index in [0.29, 0.717) is 17.3 Å². The highest BCUT2D eigenvalue weighted by atomic mass is 32.2. The molecule has 0 N–H and O–H groups in total. The van der Waals surface area contributed by atoms with Crippen LogP contribution < -0.4 is 0 Å². The van der Waals surface area contributed by atoms with Crippen molar-refractivity contribution in [2.45, 2.75) is 17.8 Å². The minimum atomic E-state index is -0.387. The standard InChI is InChI=1S/C14H14N2O2S/c1-2-18-13(17)12-8-15-14(16-9-12)19-10-11-6-4-3-5-7-11/h3-9H,2,10H2,1H3. The van der Waals surface area contributed by atoms with E-state index in [9.17, 15) is 4.79 Å². The summed E-state index contributed by atoms with van der Waals surface area (Å²) in [5.74, 6) is 0.418. The molecule has 5 heteroatoms. The molecule has 0 aliphatic rings. The van der Waals surface area contributed by atoms with Crippen LogP contribution in [0, 0.1) is 0 Å². The molecule has 0 amide bonds. The van der Waals surface area contributed by atoms with Gasteiger partial charge in [-0.25, -0.2) is 14.8 Å². The Morgan fingerprint density at radius 2 is 1.89 bits per heavy atom. The summed E-state index contributed by atoms with van der Waals surface area (Å²) in [5.41, 5.74) is 1.59. The van der Waals surface area contributed by atoms with Crippen LogP contribution in [0.1, 0.15) is 22.8 Å². The molecule has 0 atom stereocenters. The average molecular weight is 274 g/mol. The van der Waals surface area contributed by atoms with E-state index in [0.717, 1.165) is 5.75 Å². The molecular formula is C14H14N2O2S. The maximum atomic E-state index is 11.4. The predicted octanol–water partition coefficient (Wildman–Crippen LogP) is 2.95. The minimum Gasteiger partial charge on any atom is -0.462 e. The molecule has 1 heterocycles. The second kappa shape index (κ2) is 6.89. The lowest BCUT2D eigenvalue weighted by molar-refractivity contribution is 0.0525. The molecule has 0 aliphatic heterocycles. The van der Waals surface area contributed by atoms with Crippen molar-refractivity contribution < 1.29 is 9.53 Å². The summed E-state index contributed by atoms with van der Waals surface area (Å²) in [5, 5.41) is 0.650. The molecule has 0 radical (unpaired) electrons. The number of esters is 1. The highest BCUT2D eigenvalue weighted by Gasteiger charge is 2.07. The highest BCUT2D eigenvalue weighted by Crippen LogP contribution is 2.18. The van der Waals surface area contributed by atoms with Crippen LogP contribution in [0.15, 0.2) is 47.9 Å². The van der Waals surface area contributed by atoms with Gasteiger partial charge in [-0.2, -0.15) is 0 Å². The monoisotopic (exact) mass is 274 g/mol. The smallest absolute Gasteiger partial charge is 0.341 e. The number of nitrogens with zero attached hydrogens (tertiary/aromatic N) is 2. The fourth-order valence-corrected chi connectivity index (χ4v) is 2.18. The van der Waals surface area contributed by atoms with E-state index in [1.165, 1.54) is 29.7 Å². The van der Waals surface area contributed by atoms with Gasteiger partial charge in [-0.3, -0.25) is 0 Å². The van der Waals surface area contributed by atoms with Gasteiger partial charge in [-0.1, -0.05) is 42.1 Å². The van der Waals surface area contributed by atoms with E-state index in [1.54, 1.807) is 6.92 Å². The fourth-order valence-electron chi connectivity index (χ4n) is 1.43. The molecule has 2 rings (SSSR count). The summed E-state index contributed by atoms with van der Waals surface area (Å²) in [4.78, 5) is 19.7. The zero-order chi connectivity index (χ0) is 13.5. The molecule has 0 saturated heterocycles. The maximum absolute atomic E-state index is 11.4. The molecular weight excluding hydrogens is 260 g/mol. The van der Waals surface area contributed by atoms with E-state index < -0.39 is 0 Å². The molecule has 0 spiro atoms. The van der Waals surface area contributed by atoms with E-state index >= 15 is 0 Å². The number of thioether (sulfide) groups is 1. The zero-order valence-electron chi connectivity index (χ0n) is 10.6. The maximum Gasteiger partial charge on any atom is 0.341 e. The van der Waals surface area contributed by atoms with Crippen molar-refractivity contribution in [2.75, 3.05) is 6.61 Å². The number of ether oxygens (including phenoxy) is 1. The van der Waals surface area contributed by atoms with E-state index in [1.807, 2.05) is 18.2 Å². The number of benzene rings is 1. The van der Waals surface area contributed by atoms with Crippen LogP contribution in [-0.2, 0) is 10.5 Å². The fraction of sp³-hybridized carbons (Fsp3) is 0.214. The number of hydrogen-bond donors (Lipinski definition) is 0.